The summed E-state index contributed by atoms with van der Waals surface area (Å²) in [5.74, 6) is 0.779. The minimum absolute atomic E-state index is 0.0532. The van der Waals surface area contributed by atoms with Crippen LogP contribution in [0.3, 0.4) is 0 Å². The standard InChI is InChI=1S/C17H15ClN4O2S/c1-10-3-5-11(6-4-10)16-20-21-17(25)22(16)19-9-12-7-13(18)8-14(24-2)15(12)23/h3-9,23H,1-2H3,(H,21,25)/b19-9-. The van der Waals surface area contributed by atoms with E-state index >= 15 is 0 Å². The summed E-state index contributed by atoms with van der Waals surface area (Å²) in [5.41, 5.74) is 2.41. The molecule has 0 atom stereocenters. The number of nitrogens with zero attached hydrogens (tertiary/aromatic N) is 3. The number of hydrogen-bond donors (Lipinski definition) is 2. The van der Waals surface area contributed by atoms with Crippen molar-refractivity contribution in [2.24, 2.45) is 5.10 Å². The molecule has 1 aromatic heterocycles. The molecule has 3 rings (SSSR count). The normalized spacial score (nSPS) is 11.2. The van der Waals surface area contributed by atoms with E-state index in [0.717, 1.165) is 11.1 Å². The predicted octanol–water partition coefficient (Wildman–Crippen LogP) is 4.17. The third-order valence-electron chi connectivity index (χ3n) is 3.56. The Morgan fingerprint density at radius 1 is 1.32 bits per heavy atom. The van der Waals surface area contributed by atoms with E-state index in [4.69, 9.17) is 28.6 Å². The lowest BCUT2D eigenvalue weighted by atomic mass is 10.1. The molecule has 0 unspecified atom stereocenters. The van der Waals surface area contributed by atoms with Crippen LogP contribution in [0.25, 0.3) is 11.4 Å². The minimum Gasteiger partial charge on any atom is -0.504 e. The van der Waals surface area contributed by atoms with Crippen molar-refractivity contribution in [2.75, 3.05) is 7.11 Å². The molecule has 0 amide bonds. The van der Waals surface area contributed by atoms with Crippen molar-refractivity contribution in [1.82, 2.24) is 14.9 Å². The maximum atomic E-state index is 10.2. The highest BCUT2D eigenvalue weighted by atomic mass is 35.5. The number of aromatic amines is 1. The Kier molecular flexibility index (Phi) is 4.87. The van der Waals surface area contributed by atoms with Crippen LogP contribution in [0.4, 0.5) is 0 Å². The molecule has 1 heterocycles. The molecule has 128 valence electrons. The zero-order valence-electron chi connectivity index (χ0n) is 13.5. The van der Waals surface area contributed by atoms with Gasteiger partial charge < -0.3 is 9.84 Å². The average molecular weight is 375 g/mol. The second-order valence-corrected chi connectivity index (χ2v) is 6.14. The summed E-state index contributed by atoms with van der Waals surface area (Å²) in [6.45, 7) is 2.01. The molecule has 3 aromatic rings. The molecule has 2 aromatic carbocycles. The summed E-state index contributed by atoms with van der Waals surface area (Å²) in [7, 11) is 1.45. The number of benzene rings is 2. The smallest absolute Gasteiger partial charge is 0.216 e. The third kappa shape index (κ3) is 3.57. The maximum absolute atomic E-state index is 10.2. The fourth-order valence-corrected chi connectivity index (χ4v) is 2.65. The number of aromatic hydroxyl groups is 1. The fourth-order valence-electron chi connectivity index (χ4n) is 2.26. The van der Waals surface area contributed by atoms with E-state index in [9.17, 15) is 5.11 Å². The maximum Gasteiger partial charge on any atom is 0.216 e. The first-order valence-electron chi connectivity index (χ1n) is 7.35. The number of halogens is 1. The third-order valence-corrected chi connectivity index (χ3v) is 4.04. The first-order valence-corrected chi connectivity index (χ1v) is 8.13. The number of hydrogen-bond acceptors (Lipinski definition) is 5. The number of H-pyrrole nitrogens is 1. The van der Waals surface area contributed by atoms with Gasteiger partial charge in [0.05, 0.1) is 13.3 Å². The van der Waals surface area contributed by atoms with Crippen LogP contribution in [0, 0.1) is 11.7 Å². The van der Waals surface area contributed by atoms with E-state index in [2.05, 4.69) is 15.3 Å². The summed E-state index contributed by atoms with van der Waals surface area (Å²) in [6.07, 6.45) is 1.45. The van der Waals surface area contributed by atoms with Gasteiger partial charge in [0.15, 0.2) is 17.3 Å². The van der Waals surface area contributed by atoms with Crippen LogP contribution in [0.1, 0.15) is 11.1 Å². The zero-order valence-corrected chi connectivity index (χ0v) is 15.1. The number of methoxy groups -OCH3 is 1. The monoisotopic (exact) mass is 374 g/mol. The van der Waals surface area contributed by atoms with Crippen LogP contribution in [-0.4, -0.2) is 33.3 Å². The lowest BCUT2D eigenvalue weighted by molar-refractivity contribution is 0.373. The van der Waals surface area contributed by atoms with Crippen molar-refractivity contribution in [3.05, 3.63) is 57.3 Å². The first kappa shape index (κ1) is 17.2. The van der Waals surface area contributed by atoms with E-state index < -0.39 is 0 Å². The van der Waals surface area contributed by atoms with Gasteiger partial charge in [-0.2, -0.15) is 14.9 Å². The van der Waals surface area contributed by atoms with Crippen LogP contribution in [-0.2, 0) is 0 Å². The van der Waals surface area contributed by atoms with E-state index in [-0.39, 0.29) is 11.5 Å². The topological polar surface area (TPSA) is 75.4 Å². The van der Waals surface area contributed by atoms with Crippen LogP contribution >= 0.6 is 23.8 Å². The molecular formula is C17H15ClN4O2S. The molecule has 8 heteroatoms. The Hall–Kier alpha value is -2.64. The lowest BCUT2D eigenvalue weighted by Gasteiger charge is -2.07. The SMILES string of the molecule is COc1cc(Cl)cc(/C=N\n2c(-c3ccc(C)cc3)n[nH]c2=S)c1O. The number of rotatable bonds is 4. The molecule has 0 fully saturated rings. The quantitative estimate of drug-likeness (QED) is 0.531. The van der Waals surface area contributed by atoms with Crippen molar-refractivity contribution in [3.8, 4) is 22.9 Å². The number of aromatic nitrogens is 3. The first-order chi connectivity index (χ1) is 12.0. The number of phenols is 1. The zero-order chi connectivity index (χ0) is 18.0. The van der Waals surface area contributed by atoms with Gasteiger partial charge in [-0.05, 0) is 25.2 Å². The highest BCUT2D eigenvalue weighted by molar-refractivity contribution is 7.71. The summed E-state index contributed by atoms with van der Waals surface area (Å²) < 4.78 is 6.90. The molecule has 6 nitrogen and oxygen atoms in total. The lowest BCUT2D eigenvalue weighted by Crippen LogP contribution is -1.96. The van der Waals surface area contributed by atoms with Crippen LogP contribution in [0.15, 0.2) is 41.5 Å². The van der Waals surface area contributed by atoms with Crippen LogP contribution in [0.5, 0.6) is 11.5 Å². The minimum atomic E-state index is -0.0532. The van der Waals surface area contributed by atoms with Crippen molar-refractivity contribution >= 4 is 30.0 Å². The van der Waals surface area contributed by atoms with Crippen LogP contribution < -0.4 is 4.74 Å². The van der Waals surface area contributed by atoms with Gasteiger partial charge in [-0.3, -0.25) is 0 Å². The summed E-state index contributed by atoms with van der Waals surface area (Å²) in [4.78, 5) is 0. The van der Waals surface area contributed by atoms with E-state index in [1.807, 2.05) is 31.2 Å². The van der Waals surface area contributed by atoms with Crippen molar-refractivity contribution in [3.63, 3.8) is 0 Å². The van der Waals surface area contributed by atoms with Gasteiger partial charge in [0.2, 0.25) is 4.77 Å². The molecule has 0 saturated carbocycles. The number of ether oxygens (including phenoxy) is 1. The van der Waals surface area contributed by atoms with Gasteiger partial charge in [-0.1, -0.05) is 41.4 Å². The molecule has 0 spiro atoms. The Morgan fingerprint density at radius 2 is 2.04 bits per heavy atom. The molecule has 0 aliphatic heterocycles. The average Bonchev–Trinajstić information content (AvgIpc) is 2.96. The van der Waals surface area contributed by atoms with Crippen molar-refractivity contribution in [1.29, 1.82) is 0 Å². The van der Waals surface area contributed by atoms with Crippen LogP contribution in [0.2, 0.25) is 5.02 Å². The molecule has 0 bridgehead atoms. The van der Waals surface area contributed by atoms with Crippen molar-refractivity contribution in [2.45, 2.75) is 6.92 Å². The second kappa shape index (κ2) is 7.08. The van der Waals surface area contributed by atoms with Gasteiger partial charge in [0.25, 0.3) is 0 Å². The number of phenolic OH excluding ortho intramolecular Hbond substituents is 1. The van der Waals surface area contributed by atoms with Gasteiger partial charge in [-0.15, -0.1) is 0 Å². The Morgan fingerprint density at radius 3 is 2.72 bits per heavy atom. The van der Waals surface area contributed by atoms with E-state index in [0.29, 0.717) is 21.2 Å². The van der Waals surface area contributed by atoms with Crippen molar-refractivity contribution < 1.29 is 9.84 Å². The fraction of sp³-hybridized carbons (Fsp3) is 0.118. The Bertz CT molecular complexity index is 993. The van der Waals surface area contributed by atoms with E-state index in [1.165, 1.54) is 24.1 Å². The molecule has 2 N–H and O–H groups in total. The van der Waals surface area contributed by atoms with Gasteiger partial charge in [-0.25, -0.2) is 5.10 Å². The molecule has 0 radical (unpaired) electrons. The highest BCUT2D eigenvalue weighted by Gasteiger charge is 2.10. The Balaban J connectivity index is 2.03. The second-order valence-electron chi connectivity index (χ2n) is 5.32. The van der Waals surface area contributed by atoms with E-state index in [1.54, 1.807) is 6.07 Å². The molecular weight excluding hydrogens is 360 g/mol. The summed E-state index contributed by atoms with van der Waals surface area (Å²) in [5, 5.41) is 21.9. The summed E-state index contributed by atoms with van der Waals surface area (Å²) >= 11 is 11.3. The van der Waals surface area contributed by atoms with Gasteiger partial charge in [0, 0.05) is 22.2 Å². The largest absolute Gasteiger partial charge is 0.504 e. The van der Waals surface area contributed by atoms with Gasteiger partial charge in [0.1, 0.15) is 0 Å². The summed E-state index contributed by atoms with van der Waals surface area (Å²) in [6, 6.07) is 10.9. The highest BCUT2D eigenvalue weighted by Crippen LogP contribution is 2.32. The molecule has 25 heavy (non-hydrogen) atoms. The predicted molar refractivity (Wildman–Crippen MR) is 100 cm³/mol. The molecule has 0 saturated heterocycles. The Labute approximate surface area is 154 Å². The molecule has 0 aliphatic carbocycles. The number of aryl methyl sites for hydroxylation is 1. The number of nitrogens with one attached hydrogen (secondary N) is 1. The van der Waals surface area contributed by atoms with Gasteiger partial charge >= 0.3 is 0 Å². The molecule has 0 aliphatic rings.